The van der Waals surface area contributed by atoms with Gasteiger partial charge in [0, 0.05) is 13.6 Å². The molecule has 0 bridgehead atoms. The number of rotatable bonds is 6. The Morgan fingerprint density at radius 2 is 2.47 bits per heavy atom. The number of aromatic nitrogens is 2. The molecule has 0 radical (unpaired) electrons. The van der Waals surface area contributed by atoms with Gasteiger partial charge in [0.1, 0.15) is 6.20 Å². The van der Waals surface area contributed by atoms with Crippen LogP contribution in [0.3, 0.4) is 0 Å². The van der Waals surface area contributed by atoms with Crippen LogP contribution in [0.25, 0.3) is 0 Å². The highest BCUT2D eigenvalue weighted by molar-refractivity contribution is 5.95. The molecule has 0 unspecified atom stereocenters. The Morgan fingerprint density at radius 1 is 1.76 bits per heavy atom. The predicted octanol–water partition coefficient (Wildman–Crippen LogP) is 1.02. The summed E-state index contributed by atoms with van der Waals surface area (Å²) in [5.74, 6) is -0.527. The van der Waals surface area contributed by atoms with Crippen molar-refractivity contribution in [3.8, 4) is 0 Å². The van der Waals surface area contributed by atoms with Crippen LogP contribution in [0, 0.1) is 10.1 Å². The van der Waals surface area contributed by atoms with E-state index in [9.17, 15) is 14.9 Å². The highest BCUT2D eigenvalue weighted by atomic mass is 16.6. The molecule has 0 atom stereocenters. The molecule has 92 valence electrons. The molecular formula is C10H14N4O3. The molecule has 1 N–H and O–H groups in total. The van der Waals surface area contributed by atoms with E-state index in [4.69, 9.17) is 0 Å². The fraction of sp³-hybridized carbons (Fsp3) is 0.400. The van der Waals surface area contributed by atoms with E-state index in [-0.39, 0.29) is 11.4 Å². The molecule has 17 heavy (non-hydrogen) atoms. The van der Waals surface area contributed by atoms with E-state index in [1.165, 1.54) is 17.9 Å². The fourth-order valence-corrected chi connectivity index (χ4v) is 1.30. The lowest BCUT2D eigenvalue weighted by Gasteiger charge is -2.00. The standard InChI is InChI=1S/C10H14N4O3/c1-3-4-5-6-11-10(15)9-8(14(16)17)7-13(2)12-9/h3,7H,1,4-6H2,2H3,(H,11,15). The van der Waals surface area contributed by atoms with Crippen LogP contribution in [-0.4, -0.2) is 27.2 Å². The number of unbranched alkanes of at least 4 members (excludes halogenated alkanes) is 1. The molecule has 0 aliphatic rings. The minimum Gasteiger partial charge on any atom is -0.350 e. The topological polar surface area (TPSA) is 90.1 Å². The van der Waals surface area contributed by atoms with Gasteiger partial charge in [0.05, 0.1) is 4.92 Å². The SMILES string of the molecule is C=CCCCNC(=O)c1nn(C)cc1[N+](=O)[O-]. The van der Waals surface area contributed by atoms with Crippen molar-refractivity contribution in [2.24, 2.45) is 7.05 Å². The summed E-state index contributed by atoms with van der Waals surface area (Å²) in [5.41, 5.74) is -0.440. The number of nitrogens with one attached hydrogen (secondary N) is 1. The second kappa shape index (κ2) is 5.78. The van der Waals surface area contributed by atoms with Gasteiger partial charge in [-0.2, -0.15) is 5.10 Å². The Labute approximate surface area is 98.3 Å². The van der Waals surface area contributed by atoms with Crippen molar-refractivity contribution >= 4 is 11.6 Å². The lowest BCUT2D eigenvalue weighted by atomic mass is 10.3. The van der Waals surface area contributed by atoms with Crippen LogP contribution in [-0.2, 0) is 7.05 Å². The zero-order valence-corrected chi connectivity index (χ0v) is 9.55. The first-order chi connectivity index (χ1) is 8.06. The molecule has 1 rings (SSSR count). The summed E-state index contributed by atoms with van der Waals surface area (Å²) in [6, 6.07) is 0. The number of hydrogen-bond donors (Lipinski definition) is 1. The van der Waals surface area contributed by atoms with Crippen molar-refractivity contribution in [1.29, 1.82) is 0 Å². The largest absolute Gasteiger partial charge is 0.350 e. The van der Waals surface area contributed by atoms with Crippen LogP contribution in [0.4, 0.5) is 5.69 Å². The van der Waals surface area contributed by atoms with E-state index in [0.29, 0.717) is 6.54 Å². The molecule has 1 heterocycles. The summed E-state index contributed by atoms with van der Waals surface area (Å²) in [6.45, 7) is 4.00. The van der Waals surface area contributed by atoms with Crippen molar-refractivity contribution < 1.29 is 9.72 Å². The smallest absolute Gasteiger partial charge is 0.320 e. The summed E-state index contributed by atoms with van der Waals surface area (Å²) in [5, 5.41) is 17.0. The molecule has 7 heteroatoms. The number of carbonyl (C=O) groups is 1. The molecule has 1 aromatic heterocycles. The van der Waals surface area contributed by atoms with E-state index in [2.05, 4.69) is 17.0 Å². The first-order valence-corrected chi connectivity index (χ1v) is 5.13. The predicted molar refractivity (Wildman–Crippen MR) is 61.6 cm³/mol. The lowest BCUT2D eigenvalue weighted by Crippen LogP contribution is -2.25. The molecule has 1 aromatic rings. The van der Waals surface area contributed by atoms with Crippen LogP contribution >= 0.6 is 0 Å². The molecular weight excluding hydrogens is 224 g/mol. The number of aryl methyl sites for hydroxylation is 1. The Bertz CT molecular complexity index is 439. The van der Waals surface area contributed by atoms with Crippen molar-refractivity contribution in [2.75, 3.05) is 6.54 Å². The Hall–Kier alpha value is -2.18. The lowest BCUT2D eigenvalue weighted by molar-refractivity contribution is -0.385. The highest BCUT2D eigenvalue weighted by Gasteiger charge is 2.24. The highest BCUT2D eigenvalue weighted by Crippen LogP contribution is 2.15. The van der Waals surface area contributed by atoms with Crippen LogP contribution in [0.1, 0.15) is 23.3 Å². The van der Waals surface area contributed by atoms with Crippen LogP contribution in [0.5, 0.6) is 0 Å². The molecule has 1 amide bonds. The van der Waals surface area contributed by atoms with Crippen LogP contribution in [0.2, 0.25) is 0 Å². The van der Waals surface area contributed by atoms with Crippen molar-refractivity contribution in [2.45, 2.75) is 12.8 Å². The normalized spacial score (nSPS) is 9.94. The summed E-state index contributed by atoms with van der Waals surface area (Å²) < 4.78 is 1.25. The quantitative estimate of drug-likeness (QED) is 0.347. The van der Waals surface area contributed by atoms with Crippen molar-refractivity contribution in [3.63, 3.8) is 0 Å². The number of nitrogens with zero attached hydrogens (tertiary/aromatic N) is 3. The molecule has 0 aliphatic carbocycles. The van der Waals surface area contributed by atoms with Crippen LogP contribution in [0.15, 0.2) is 18.9 Å². The summed E-state index contributed by atoms with van der Waals surface area (Å²) in [7, 11) is 1.53. The van der Waals surface area contributed by atoms with Gasteiger partial charge in [-0.25, -0.2) is 0 Å². The van der Waals surface area contributed by atoms with Gasteiger partial charge in [-0.1, -0.05) is 6.08 Å². The second-order valence-corrected chi connectivity index (χ2v) is 3.48. The van der Waals surface area contributed by atoms with Gasteiger partial charge in [0.15, 0.2) is 0 Å². The Morgan fingerprint density at radius 3 is 3.06 bits per heavy atom. The monoisotopic (exact) mass is 238 g/mol. The first kappa shape index (κ1) is 12.9. The number of allylic oxidation sites excluding steroid dienone is 1. The average Bonchev–Trinajstić information content (AvgIpc) is 2.66. The van der Waals surface area contributed by atoms with E-state index in [0.717, 1.165) is 12.8 Å². The maximum atomic E-state index is 11.6. The van der Waals surface area contributed by atoms with E-state index in [1.807, 2.05) is 0 Å². The van der Waals surface area contributed by atoms with Gasteiger partial charge >= 0.3 is 5.69 Å². The van der Waals surface area contributed by atoms with E-state index < -0.39 is 10.8 Å². The first-order valence-electron chi connectivity index (χ1n) is 5.13. The minimum absolute atomic E-state index is 0.156. The maximum Gasteiger partial charge on any atom is 0.320 e. The van der Waals surface area contributed by atoms with E-state index >= 15 is 0 Å². The summed E-state index contributed by atoms with van der Waals surface area (Å²) >= 11 is 0. The molecule has 0 spiro atoms. The molecule has 0 aromatic carbocycles. The van der Waals surface area contributed by atoms with Crippen molar-refractivity contribution in [1.82, 2.24) is 15.1 Å². The summed E-state index contributed by atoms with van der Waals surface area (Å²) in [6.07, 6.45) is 4.48. The van der Waals surface area contributed by atoms with Gasteiger partial charge < -0.3 is 5.32 Å². The van der Waals surface area contributed by atoms with Gasteiger partial charge in [-0.15, -0.1) is 6.58 Å². The molecule has 7 nitrogen and oxygen atoms in total. The third-order valence-electron chi connectivity index (χ3n) is 2.09. The van der Waals surface area contributed by atoms with Gasteiger partial charge in [-0.3, -0.25) is 19.6 Å². The zero-order chi connectivity index (χ0) is 12.8. The number of hydrogen-bond acceptors (Lipinski definition) is 4. The Balaban J connectivity index is 2.68. The number of amides is 1. The summed E-state index contributed by atoms with van der Waals surface area (Å²) in [4.78, 5) is 21.7. The Kier molecular flexibility index (Phi) is 4.38. The van der Waals surface area contributed by atoms with Gasteiger partial charge in [0.2, 0.25) is 5.69 Å². The van der Waals surface area contributed by atoms with Gasteiger partial charge in [0.25, 0.3) is 5.91 Å². The second-order valence-electron chi connectivity index (χ2n) is 3.48. The molecule has 0 saturated carbocycles. The van der Waals surface area contributed by atoms with Crippen LogP contribution < -0.4 is 5.32 Å². The molecule has 0 aliphatic heterocycles. The van der Waals surface area contributed by atoms with E-state index in [1.54, 1.807) is 6.08 Å². The average molecular weight is 238 g/mol. The maximum absolute atomic E-state index is 11.6. The third-order valence-corrected chi connectivity index (χ3v) is 2.09. The van der Waals surface area contributed by atoms with Gasteiger partial charge in [-0.05, 0) is 12.8 Å². The molecule has 0 fully saturated rings. The van der Waals surface area contributed by atoms with Crippen molar-refractivity contribution in [3.05, 3.63) is 34.7 Å². The molecule has 0 saturated heterocycles. The fourth-order valence-electron chi connectivity index (χ4n) is 1.30. The third kappa shape index (κ3) is 3.40. The number of carbonyl (C=O) groups excluding carboxylic acids is 1. The minimum atomic E-state index is -0.619. The zero-order valence-electron chi connectivity index (χ0n) is 9.55. The number of nitro groups is 1.